The summed E-state index contributed by atoms with van der Waals surface area (Å²) in [4.78, 5) is 4.01. The number of aliphatic hydroxyl groups excluding tert-OH is 1. The first-order valence-electron chi connectivity index (χ1n) is 12.7. The molecule has 0 amide bonds. The molecule has 204 valence electrons. The monoisotopic (exact) mass is 546 g/mol. The predicted octanol–water partition coefficient (Wildman–Crippen LogP) is 3.52. The summed E-state index contributed by atoms with van der Waals surface area (Å²) in [6.07, 6.45) is 1.27. The minimum Gasteiger partial charge on any atom is -0.392 e. The molecule has 0 unspecified atom stereocenters. The lowest BCUT2D eigenvalue weighted by molar-refractivity contribution is -0.122. The van der Waals surface area contributed by atoms with Crippen LogP contribution in [0.1, 0.15) is 67.3 Å². The van der Waals surface area contributed by atoms with Crippen LogP contribution in [0.3, 0.4) is 0 Å². The molecule has 0 spiro atoms. The molecule has 3 atom stereocenters. The van der Waals surface area contributed by atoms with Gasteiger partial charge in [0.05, 0.1) is 11.7 Å². The molecule has 38 heavy (non-hydrogen) atoms. The highest BCUT2D eigenvalue weighted by Crippen LogP contribution is 2.54. The zero-order valence-electron chi connectivity index (χ0n) is 21.3. The first-order chi connectivity index (χ1) is 17.9. The highest BCUT2D eigenvalue weighted by Gasteiger charge is 2.57. The number of hydrogen-bond donors (Lipinski definition) is 3. The summed E-state index contributed by atoms with van der Waals surface area (Å²) < 4.78 is 59.6. The Bertz CT molecular complexity index is 1390. The summed E-state index contributed by atoms with van der Waals surface area (Å²) >= 11 is 0. The maximum Gasteiger partial charge on any atom is 0.221 e. The maximum atomic E-state index is 15.7. The number of nitrogens with one attached hydrogen (secondary N) is 1. The molecule has 2 aliphatic rings. The van der Waals surface area contributed by atoms with E-state index in [-0.39, 0.29) is 43.0 Å². The molecule has 11 heteroatoms. The number of aliphatic hydroxyl groups is 2. The fourth-order valence-corrected chi connectivity index (χ4v) is 8.41. The van der Waals surface area contributed by atoms with E-state index in [2.05, 4.69) is 15.2 Å². The van der Waals surface area contributed by atoms with E-state index in [0.717, 1.165) is 12.1 Å². The molecule has 0 radical (unpaired) electrons. The van der Waals surface area contributed by atoms with E-state index in [0.29, 0.717) is 24.2 Å². The van der Waals surface area contributed by atoms with Crippen LogP contribution in [-0.4, -0.2) is 55.9 Å². The van der Waals surface area contributed by atoms with Crippen LogP contribution in [0.5, 0.6) is 0 Å². The van der Waals surface area contributed by atoms with E-state index in [4.69, 9.17) is 0 Å². The van der Waals surface area contributed by atoms with Gasteiger partial charge in [-0.15, -0.1) is 0 Å². The van der Waals surface area contributed by atoms with Gasteiger partial charge in [-0.2, -0.15) is 9.40 Å². The molecule has 1 aromatic heterocycles. The summed E-state index contributed by atoms with van der Waals surface area (Å²) in [7, 11) is -3.83. The molecule has 1 aliphatic heterocycles. The Morgan fingerprint density at radius 1 is 1.16 bits per heavy atom. The van der Waals surface area contributed by atoms with Gasteiger partial charge in [0.1, 0.15) is 23.2 Å². The van der Waals surface area contributed by atoms with Crippen LogP contribution in [-0.2, 0) is 28.4 Å². The lowest BCUT2D eigenvalue weighted by Gasteiger charge is -2.54. The van der Waals surface area contributed by atoms with Crippen molar-refractivity contribution in [2.75, 3.05) is 0 Å². The van der Waals surface area contributed by atoms with Crippen LogP contribution in [0.25, 0.3) is 0 Å². The molecule has 0 bridgehead atoms. The van der Waals surface area contributed by atoms with Gasteiger partial charge in [-0.05, 0) is 62.8 Å². The average Bonchev–Trinajstić information content (AvgIpc) is 3.35. The minimum atomic E-state index is -3.83. The molecule has 2 heterocycles. The van der Waals surface area contributed by atoms with Gasteiger partial charge in [0.2, 0.25) is 10.0 Å². The van der Waals surface area contributed by atoms with E-state index in [1.807, 2.05) is 6.07 Å². The Morgan fingerprint density at radius 3 is 2.50 bits per heavy atom. The fraction of sp³-hybridized carbons (Fsp3) is 0.481. The first kappa shape index (κ1) is 26.9. The van der Waals surface area contributed by atoms with Gasteiger partial charge >= 0.3 is 0 Å². The van der Waals surface area contributed by atoms with Gasteiger partial charge in [0.15, 0.2) is 5.82 Å². The van der Waals surface area contributed by atoms with Crippen molar-refractivity contribution in [1.82, 2.24) is 19.5 Å². The minimum absolute atomic E-state index is 0.00714. The maximum absolute atomic E-state index is 15.7. The van der Waals surface area contributed by atoms with Gasteiger partial charge in [0, 0.05) is 30.0 Å². The van der Waals surface area contributed by atoms with Crippen LogP contribution in [0.15, 0.2) is 48.8 Å². The summed E-state index contributed by atoms with van der Waals surface area (Å²) in [6.45, 7) is 3.05. The lowest BCUT2D eigenvalue weighted by atomic mass is 9.53. The molecule has 3 N–H and O–H groups in total. The Labute approximate surface area is 220 Å². The molecular formula is C27H32F2N4O4S. The quantitative estimate of drug-likeness (QED) is 0.417. The molecule has 5 rings (SSSR count). The van der Waals surface area contributed by atoms with Crippen molar-refractivity contribution in [2.45, 2.75) is 80.9 Å². The van der Waals surface area contributed by atoms with E-state index in [1.54, 1.807) is 38.1 Å². The van der Waals surface area contributed by atoms with Gasteiger partial charge < -0.3 is 10.2 Å². The third-order valence-corrected chi connectivity index (χ3v) is 10.4. The van der Waals surface area contributed by atoms with Crippen molar-refractivity contribution in [3.8, 4) is 0 Å². The zero-order valence-corrected chi connectivity index (χ0v) is 22.1. The van der Waals surface area contributed by atoms with Crippen LogP contribution >= 0.6 is 0 Å². The van der Waals surface area contributed by atoms with Crippen molar-refractivity contribution in [3.63, 3.8) is 0 Å². The third-order valence-electron chi connectivity index (χ3n) is 8.07. The zero-order chi connectivity index (χ0) is 27.3. The number of benzene rings is 2. The van der Waals surface area contributed by atoms with E-state index in [9.17, 15) is 18.6 Å². The third kappa shape index (κ3) is 4.76. The van der Waals surface area contributed by atoms with Crippen molar-refractivity contribution < 1.29 is 27.4 Å². The highest BCUT2D eigenvalue weighted by atomic mass is 32.2. The molecular weight excluding hydrogens is 514 g/mol. The van der Waals surface area contributed by atoms with Crippen LogP contribution in [0.4, 0.5) is 8.78 Å². The van der Waals surface area contributed by atoms with E-state index >= 15 is 8.78 Å². The normalized spacial score (nSPS) is 30.1. The lowest BCUT2D eigenvalue weighted by Crippen LogP contribution is -2.59. The van der Waals surface area contributed by atoms with Crippen molar-refractivity contribution in [3.05, 3.63) is 82.9 Å². The summed E-state index contributed by atoms with van der Waals surface area (Å²) in [6, 6.07) is 10.6. The summed E-state index contributed by atoms with van der Waals surface area (Å²) in [5, 5.41) is 27.3. The van der Waals surface area contributed by atoms with E-state index < -0.39 is 44.0 Å². The number of hydrogen-bond acceptors (Lipinski definition) is 6. The van der Waals surface area contributed by atoms with E-state index in [1.165, 1.54) is 10.6 Å². The number of halogens is 2. The summed E-state index contributed by atoms with van der Waals surface area (Å²) in [5.74, 6) is -1.20. The topological polar surface area (TPSA) is 119 Å². The number of rotatable bonds is 7. The van der Waals surface area contributed by atoms with Gasteiger partial charge in [-0.1, -0.05) is 30.3 Å². The van der Waals surface area contributed by atoms with Crippen LogP contribution in [0.2, 0.25) is 0 Å². The number of aromatic nitrogens is 3. The standard InChI is InChI=1S/C27H32F2N4O4S/c1-17-8-9-23(18-6-4-3-5-7-18)38(36,37)33(17)13-19-10-22(29)20(11-21(19)28)27(14-26(2,35)15-27)24(34)12-25-30-16-31-32-25/h3-7,10-11,16-17,23-24,34-35H,8-9,12-15H2,1-2H3,(H,30,31,32)/t17-,23+,24-,26-,27-/m0/s1. The number of sulfonamides is 1. The van der Waals surface area contributed by atoms with Crippen LogP contribution < -0.4 is 0 Å². The Kier molecular flexibility index (Phi) is 6.91. The van der Waals surface area contributed by atoms with Crippen molar-refractivity contribution in [2.24, 2.45) is 0 Å². The Hall–Kier alpha value is -2.73. The molecule has 2 aromatic carbocycles. The number of aromatic amines is 1. The second-order valence-electron chi connectivity index (χ2n) is 11.0. The number of H-pyrrole nitrogens is 1. The average molecular weight is 547 g/mol. The molecule has 2 fully saturated rings. The number of nitrogens with zero attached hydrogens (tertiary/aromatic N) is 3. The SMILES string of the molecule is C[C@H]1CC[C@H](c2ccccc2)S(=O)(=O)N1Cc1cc(F)c([C@]2([C@@H](O)Cc3nc[nH]n3)C[C@](C)(O)C2)cc1F. The van der Waals surface area contributed by atoms with Gasteiger partial charge in [-0.3, -0.25) is 5.10 Å². The van der Waals surface area contributed by atoms with Crippen molar-refractivity contribution >= 4 is 10.0 Å². The molecule has 3 aromatic rings. The summed E-state index contributed by atoms with van der Waals surface area (Å²) in [5.41, 5.74) is -1.85. The van der Waals surface area contributed by atoms with Gasteiger partial charge in [-0.25, -0.2) is 22.2 Å². The molecule has 8 nitrogen and oxygen atoms in total. The van der Waals surface area contributed by atoms with Crippen LogP contribution in [0, 0.1) is 11.6 Å². The fourth-order valence-electron chi connectivity index (χ4n) is 6.23. The Balaban J connectivity index is 1.45. The predicted molar refractivity (Wildman–Crippen MR) is 136 cm³/mol. The molecule has 1 saturated heterocycles. The largest absolute Gasteiger partial charge is 0.392 e. The van der Waals surface area contributed by atoms with Crippen molar-refractivity contribution in [1.29, 1.82) is 0 Å². The second kappa shape index (κ2) is 9.78. The smallest absolute Gasteiger partial charge is 0.221 e. The second-order valence-corrected chi connectivity index (χ2v) is 13.0. The molecule has 1 aliphatic carbocycles. The van der Waals surface area contributed by atoms with Gasteiger partial charge in [0.25, 0.3) is 0 Å². The molecule has 1 saturated carbocycles. The highest BCUT2D eigenvalue weighted by molar-refractivity contribution is 7.89. The first-order valence-corrected chi connectivity index (χ1v) is 14.2. The Morgan fingerprint density at radius 2 is 1.87 bits per heavy atom.